The monoisotopic (exact) mass is 368 g/mol. The van der Waals surface area contributed by atoms with E-state index in [0.717, 1.165) is 10.6 Å². The largest absolute Gasteiger partial charge is 0.325 e. The van der Waals surface area contributed by atoms with Crippen LogP contribution in [0.2, 0.25) is 0 Å². The Kier molecular flexibility index (Phi) is 5.70. The topological polar surface area (TPSA) is 78.1 Å². The Bertz CT molecular complexity index is 969. The van der Waals surface area contributed by atoms with Crippen LogP contribution in [0.1, 0.15) is 5.82 Å². The average Bonchev–Trinajstić information content (AvgIpc) is 2.62. The van der Waals surface area contributed by atoms with Crippen molar-refractivity contribution in [2.45, 2.75) is 11.4 Å². The number of aromatic nitrogens is 2. The Hall–Kier alpha value is -2.64. The number of nitrogens with zero attached hydrogens (tertiary/aromatic N) is 2. The fraction of sp³-hybridized carbons (Fsp3) is 0.211. The summed E-state index contributed by atoms with van der Waals surface area (Å²) in [5.41, 5.74) is 1.24. The van der Waals surface area contributed by atoms with Gasteiger partial charge in [0.05, 0.1) is 24.0 Å². The molecule has 2 aromatic carbocycles. The fourth-order valence-corrected chi connectivity index (χ4v) is 3.05. The van der Waals surface area contributed by atoms with Gasteiger partial charge in [0, 0.05) is 10.6 Å². The highest BCUT2D eigenvalue weighted by Crippen LogP contribution is 2.17. The second kappa shape index (κ2) is 8.16. The first-order valence-electron chi connectivity index (χ1n) is 8.15. The molecule has 0 spiro atoms. The molecule has 134 valence electrons. The van der Waals surface area contributed by atoms with Crippen molar-refractivity contribution in [3.63, 3.8) is 0 Å². The van der Waals surface area contributed by atoms with Gasteiger partial charge in [0.1, 0.15) is 5.82 Å². The van der Waals surface area contributed by atoms with Crippen LogP contribution in [0.5, 0.6) is 0 Å². The minimum Gasteiger partial charge on any atom is -0.325 e. The molecule has 1 aromatic heterocycles. The molecular formula is C19H20N4O2S. The summed E-state index contributed by atoms with van der Waals surface area (Å²) >= 11 is 1.65. The van der Waals surface area contributed by atoms with Crippen LogP contribution in [0.25, 0.3) is 10.9 Å². The van der Waals surface area contributed by atoms with Crippen LogP contribution in [0.3, 0.4) is 0 Å². The summed E-state index contributed by atoms with van der Waals surface area (Å²) in [5, 5.41) is 3.43. The molecule has 3 rings (SSSR count). The van der Waals surface area contributed by atoms with Gasteiger partial charge < -0.3 is 10.3 Å². The molecule has 6 nitrogen and oxygen atoms in total. The van der Waals surface area contributed by atoms with E-state index in [1.54, 1.807) is 34.9 Å². The third-order valence-corrected chi connectivity index (χ3v) is 4.61. The van der Waals surface area contributed by atoms with E-state index in [1.165, 1.54) is 0 Å². The summed E-state index contributed by atoms with van der Waals surface area (Å²) in [5.74, 6) is 0.417. The first kappa shape index (κ1) is 18.2. The Morgan fingerprint density at radius 2 is 1.92 bits per heavy atom. The van der Waals surface area contributed by atoms with Gasteiger partial charge in [-0.3, -0.25) is 14.5 Å². The normalized spacial score (nSPS) is 11.0. The van der Waals surface area contributed by atoms with Crippen molar-refractivity contribution in [1.82, 2.24) is 14.9 Å². The second-order valence-corrected chi connectivity index (χ2v) is 6.86. The first-order chi connectivity index (χ1) is 12.5. The van der Waals surface area contributed by atoms with Gasteiger partial charge in [-0.05, 0) is 49.7 Å². The number of para-hydroxylation sites is 1. The van der Waals surface area contributed by atoms with Gasteiger partial charge in [0.25, 0.3) is 5.56 Å². The number of rotatable bonds is 6. The van der Waals surface area contributed by atoms with Gasteiger partial charge in [-0.2, -0.15) is 0 Å². The van der Waals surface area contributed by atoms with Crippen LogP contribution in [0.15, 0.2) is 58.2 Å². The summed E-state index contributed by atoms with van der Waals surface area (Å²) in [6, 6.07) is 14.9. The summed E-state index contributed by atoms with van der Waals surface area (Å²) in [4.78, 5) is 34.5. The number of fused-ring (bicyclic) bond motifs is 1. The minimum atomic E-state index is -0.169. The Morgan fingerprint density at radius 1 is 1.19 bits per heavy atom. The predicted octanol–water partition coefficient (Wildman–Crippen LogP) is 2.72. The standard InChI is InChI=1S/C19H20N4O2S/c1-23(12-18(24)20-13-7-9-14(26-2)10-8-13)11-17-21-16-6-4-3-5-15(16)19(25)22-17/h3-10H,11-12H2,1-2H3,(H,20,24)(H,21,22,25). The molecule has 1 amide bonds. The average molecular weight is 368 g/mol. The summed E-state index contributed by atoms with van der Waals surface area (Å²) in [6.45, 7) is 0.569. The number of aromatic amines is 1. The lowest BCUT2D eigenvalue weighted by Crippen LogP contribution is -2.31. The molecule has 2 N–H and O–H groups in total. The van der Waals surface area contributed by atoms with Crippen molar-refractivity contribution in [1.29, 1.82) is 0 Å². The molecule has 0 saturated carbocycles. The number of anilines is 1. The zero-order chi connectivity index (χ0) is 18.5. The molecule has 0 aliphatic carbocycles. The van der Waals surface area contributed by atoms with E-state index < -0.39 is 0 Å². The minimum absolute atomic E-state index is 0.118. The smallest absolute Gasteiger partial charge is 0.258 e. The van der Waals surface area contributed by atoms with Crippen LogP contribution in [-0.2, 0) is 11.3 Å². The first-order valence-corrected chi connectivity index (χ1v) is 9.38. The molecule has 0 unspecified atom stereocenters. The lowest BCUT2D eigenvalue weighted by Gasteiger charge is -2.16. The maximum Gasteiger partial charge on any atom is 0.258 e. The highest BCUT2D eigenvalue weighted by molar-refractivity contribution is 7.98. The fourth-order valence-electron chi connectivity index (χ4n) is 2.64. The van der Waals surface area contributed by atoms with Crippen molar-refractivity contribution in [2.24, 2.45) is 0 Å². The van der Waals surface area contributed by atoms with Gasteiger partial charge in [-0.25, -0.2) is 4.98 Å². The quantitative estimate of drug-likeness (QED) is 0.654. The number of thioether (sulfide) groups is 1. The van der Waals surface area contributed by atoms with Crippen LogP contribution < -0.4 is 10.9 Å². The van der Waals surface area contributed by atoms with Crippen molar-refractivity contribution in [2.75, 3.05) is 25.2 Å². The molecular weight excluding hydrogens is 348 g/mol. The highest BCUT2D eigenvalue weighted by Gasteiger charge is 2.10. The van der Waals surface area contributed by atoms with Crippen molar-refractivity contribution >= 4 is 34.3 Å². The van der Waals surface area contributed by atoms with E-state index in [-0.39, 0.29) is 18.0 Å². The number of H-pyrrole nitrogens is 1. The Balaban J connectivity index is 1.62. The second-order valence-electron chi connectivity index (χ2n) is 5.98. The maximum absolute atomic E-state index is 12.2. The Labute approximate surface area is 155 Å². The van der Waals surface area contributed by atoms with E-state index in [0.29, 0.717) is 23.3 Å². The zero-order valence-electron chi connectivity index (χ0n) is 14.7. The van der Waals surface area contributed by atoms with E-state index >= 15 is 0 Å². The van der Waals surface area contributed by atoms with Gasteiger partial charge in [0.15, 0.2) is 0 Å². The molecule has 0 atom stereocenters. The molecule has 0 radical (unpaired) electrons. The van der Waals surface area contributed by atoms with Crippen LogP contribution in [0, 0.1) is 0 Å². The Morgan fingerprint density at radius 3 is 2.65 bits per heavy atom. The molecule has 0 bridgehead atoms. The molecule has 26 heavy (non-hydrogen) atoms. The van der Waals surface area contributed by atoms with E-state index in [2.05, 4.69) is 15.3 Å². The van der Waals surface area contributed by atoms with Gasteiger partial charge >= 0.3 is 0 Å². The summed E-state index contributed by atoms with van der Waals surface area (Å²) in [6.07, 6.45) is 2.01. The molecule has 0 saturated heterocycles. The summed E-state index contributed by atoms with van der Waals surface area (Å²) < 4.78 is 0. The van der Waals surface area contributed by atoms with Crippen molar-refractivity contribution < 1.29 is 4.79 Å². The molecule has 0 fully saturated rings. The number of likely N-dealkylation sites (N-methyl/N-ethyl adjacent to an activating group) is 1. The van der Waals surface area contributed by atoms with Crippen molar-refractivity contribution in [3.8, 4) is 0 Å². The van der Waals surface area contributed by atoms with Gasteiger partial charge in [0.2, 0.25) is 5.91 Å². The number of amides is 1. The third-order valence-electron chi connectivity index (χ3n) is 3.87. The van der Waals surface area contributed by atoms with Crippen LogP contribution in [-0.4, -0.2) is 40.6 Å². The van der Waals surface area contributed by atoms with E-state index in [4.69, 9.17) is 0 Å². The zero-order valence-corrected chi connectivity index (χ0v) is 15.5. The molecule has 0 aliphatic rings. The van der Waals surface area contributed by atoms with Gasteiger partial charge in [-0.1, -0.05) is 12.1 Å². The number of carbonyl (C=O) groups is 1. The van der Waals surface area contributed by atoms with Crippen LogP contribution >= 0.6 is 11.8 Å². The van der Waals surface area contributed by atoms with E-state index in [9.17, 15) is 9.59 Å². The summed E-state index contributed by atoms with van der Waals surface area (Å²) in [7, 11) is 1.81. The highest BCUT2D eigenvalue weighted by atomic mass is 32.2. The molecule has 0 aliphatic heterocycles. The van der Waals surface area contributed by atoms with Crippen molar-refractivity contribution in [3.05, 3.63) is 64.7 Å². The number of nitrogens with one attached hydrogen (secondary N) is 2. The lowest BCUT2D eigenvalue weighted by molar-refractivity contribution is -0.117. The van der Waals surface area contributed by atoms with E-state index in [1.807, 2.05) is 43.6 Å². The predicted molar refractivity (Wildman–Crippen MR) is 106 cm³/mol. The molecule has 7 heteroatoms. The molecule has 3 aromatic rings. The number of hydrogen-bond acceptors (Lipinski definition) is 5. The SMILES string of the molecule is CSc1ccc(NC(=O)CN(C)Cc2nc3ccccc3c(=O)[nH]2)cc1. The number of hydrogen-bond donors (Lipinski definition) is 2. The number of carbonyl (C=O) groups excluding carboxylic acids is 1. The lowest BCUT2D eigenvalue weighted by atomic mass is 10.2. The number of benzene rings is 2. The van der Waals surface area contributed by atoms with Gasteiger partial charge in [-0.15, -0.1) is 11.8 Å². The van der Waals surface area contributed by atoms with Crippen LogP contribution in [0.4, 0.5) is 5.69 Å². The molecule has 1 heterocycles. The third kappa shape index (κ3) is 4.50. The maximum atomic E-state index is 12.2.